The number of hydrogen-bond acceptors (Lipinski definition) is 7. The van der Waals surface area contributed by atoms with Crippen molar-refractivity contribution in [1.29, 1.82) is 0 Å². The molecule has 5 rings (SSSR count). The van der Waals surface area contributed by atoms with Gasteiger partial charge in [-0.3, -0.25) is 4.79 Å². The van der Waals surface area contributed by atoms with E-state index in [9.17, 15) is 4.79 Å². The van der Waals surface area contributed by atoms with Crippen LogP contribution in [0.4, 0.5) is 5.69 Å². The van der Waals surface area contributed by atoms with Crippen molar-refractivity contribution in [3.05, 3.63) is 73.1 Å². The van der Waals surface area contributed by atoms with Crippen molar-refractivity contribution in [3.63, 3.8) is 0 Å². The van der Waals surface area contributed by atoms with Gasteiger partial charge in [0.05, 0.1) is 18.6 Å². The molecule has 0 saturated heterocycles. The molecule has 32 heavy (non-hydrogen) atoms. The van der Waals surface area contributed by atoms with Crippen LogP contribution in [0.15, 0.2) is 78.1 Å². The molecule has 1 N–H and O–H groups in total. The summed E-state index contributed by atoms with van der Waals surface area (Å²) in [5.41, 5.74) is 2.66. The number of ether oxygens (including phenoxy) is 1. The van der Waals surface area contributed by atoms with Crippen LogP contribution in [0.25, 0.3) is 27.6 Å². The van der Waals surface area contributed by atoms with Gasteiger partial charge in [-0.2, -0.15) is 4.68 Å². The van der Waals surface area contributed by atoms with E-state index < -0.39 is 0 Å². The van der Waals surface area contributed by atoms with E-state index in [0.717, 1.165) is 22.1 Å². The monoisotopic (exact) mass is 442 g/mol. The van der Waals surface area contributed by atoms with Gasteiger partial charge in [0.15, 0.2) is 11.2 Å². The molecule has 0 fully saturated rings. The Labute approximate surface area is 187 Å². The van der Waals surface area contributed by atoms with Crippen LogP contribution in [0.1, 0.15) is 0 Å². The van der Waals surface area contributed by atoms with Crippen molar-refractivity contribution in [2.24, 2.45) is 0 Å². The fraction of sp³-hybridized carbons (Fsp3) is 0.0870. The summed E-state index contributed by atoms with van der Waals surface area (Å²) >= 11 is 1.30. The molecule has 8 nitrogen and oxygen atoms in total. The standard InChI is InChI=1S/C23H18N6O2S/c1-31-17-9-5-8-16(12-17)29-22-21(27-28-29)23(25-14-24-22)32-13-20(30)26-19-11-4-7-15-6-2-3-10-18(15)19/h2-12,14H,13H2,1H3,(H,26,30). The third-order valence-electron chi connectivity index (χ3n) is 4.91. The summed E-state index contributed by atoms with van der Waals surface area (Å²) in [5, 5.41) is 14.1. The quantitative estimate of drug-likeness (QED) is 0.312. The maximum absolute atomic E-state index is 12.6. The number of anilines is 1. The van der Waals surface area contributed by atoms with E-state index in [1.54, 1.807) is 11.8 Å². The lowest BCUT2D eigenvalue weighted by atomic mass is 10.1. The third kappa shape index (κ3) is 3.85. The molecule has 0 aliphatic carbocycles. The predicted octanol–water partition coefficient (Wildman–Crippen LogP) is 4.10. The summed E-state index contributed by atoms with van der Waals surface area (Å²) in [6.45, 7) is 0. The molecule has 0 aliphatic heterocycles. The molecular weight excluding hydrogens is 424 g/mol. The number of methoxy groups -OCH3 is 1. The normalized spacial score (nSPS) is 11.0. The molecule has 0 aliphatic rings. The first-order valence-corrected chi connectivity index (χ1v) is 10.8. The summed E-state index contributed by atoms with van der Waals surface area (Å²) < 4.78 is 6.91. The number of amides is 1. The highest BCUT2D eigenvalue weighted by Crippen LogP contribution is 2.26. The molecule has 158 valence electrons. The number of nitrogens with zero attached hydrogens (tertiary/aromatic N) is 5. The maximum atomic E-state index is 12.6. The Hall–Kier alpha value is -3.98. The van der Waals surface area contributed by atoms with Gasteiger partial charge in [0.25, 0.3) is 0 Å². The minimum Gasteiger partial charge on any atom is -0.497 e. The Morgan fingerprint density at radius 1 is 1.06 bits per heavy atom. The molecule has 1 amide bonds. The number of nitrogens with one attached hydrogen (secondary N) is 1. The van der Waals surface area contributed by atoms with E-state index in [-0.39, 0.29) is 11.7 Å². The van der Waals surface area contributed by atoms with Gasteiger partial charge in [0.1, 0.15) is 17.1 Å². The van der Waals surface area contributed by atoms with Crippen LogP contribution in [0.2, 0.25) is 0 Å². The Morgan fingerprint density at radius 3 is 2.81 bits per heavy atom. The summed E-state index contributed by atoms with van der Waals surface area (Å²) in [7, 11) is 1.61. The first-order chi connectivity index (χ1) is 15.7. The van der Waals surface area contributed by atoms with Crippen molar-refractivity contribution in [3.8, 4) is 11.4 Å². The number of hydrogen-bond donors (Lipinski definition) is 1. The van der Waals surface area contributed by atoms with Crippen molar-refractivity contribution in [2.45, 2.75) is 5.03 Å². The zero-order chi connectivity index (χ0) is 21.9. The lowest BCUT2D eigenvalue weighted by molar-refractivity contribution is -0.113. The summed E-state index contributed by atoms with van der Waals surface area (Å²) in [5.74, 6) is 0.764. The first-order valence-electron chi connectivity index (χ1n) is 9.84. The van der Waals surface area contributed by atoms with Gasteiger partial charge in [0, 0.05) is 17.1 Å². The molecule has 0 saturated carbocycles. The Bertz CT molecular complexity index is 1430. The van der Waals surface area contributed by atoms with E-state index in [1.807, 2.05) is 66.7 Å². The van der Waals surface area contributed by atoms with E-state index in [0.29, 0.717) is 21.9 Å². The number of rotatable bonds is 6. The highest BCUT2D eigenvalue weighted by atomic mass is 32.2. The van der Waals surface area contributed by atoms with Gasteiger partial charge < -0.3 is 10.1 Å². The average molecular weight is 443 g/mol. The van der Waals surface area contributed by atoms with Crippen molar-refractivity contribution >= 4 is 45.3 Å². The number of carbonyl (C=O) groups is 1. The number of aromatic nitrogens is 5. The fourth-order valence-corrected chi connectivity index (χ4v) is 4.14. The fourth-order valence-electron chi connectivity index (χ4n) is 3.40. The molecule has 2 heterocycles. The molecule has 2 aromatic heterocycles. The third-order valence-corrected chi connectivity index (χ3v) is 5.88. The highest BCUT2D eigenvalue weighted by molar-refractivity contribution is 8.00. The molecule has 0 atom stereocenters. The smallest absolute Gasteiger partial charge is 0.234 e. The van der Waals surface area contributed by atoms with Gasteiger partial charge in [-0.05, 0) is 23.6 Å². The summed E-state index contributed by atoms with van der Waals surface area (Å²) in [4.78, 5) is 21.3. The molecule has 0 unspecified atom stereocenters. The summed E-state index contributed by atoms with van der Waals surface area (Å²) in [6.07, 6.45) is 1.45. The van der Waals surface area contributed by atoms with Gasteiger partial charge in [-0.1, -0.05) is 59.4 Å². The predicted molar refractivity (Wildman–Crippen MR) is 124 cm³/mol. The maximum Gasteiger partial charge on any atom is 0.234 e. The lowest BCUT2D eigenvalue weighted by Gasteiger charge is -2.08. The molecule has 0 bridgehead atoms. The van der Waals surface area contributed by atoms with Crippen LogP contribution >= 0.6 is 11.8 Å². The molecule has 0 spiro atoms. The summed E-state index contributed by atoms with van der Waals surface area (Å²) in [6, 6.07) is 21.2. The van der Waals surface area contributed by atoms with E-state index in [2.05, 4.69) is 25.6 Å². The van der Waals surface area contributed by atoms with Gasteiger partial charge in [-0.25, -0.2) is 9.97 Å². The van der Waals surface area contributed by atoms with E-state index in [4.69, 9.17) is 4.74 Å². The van der Waals surface area contributed by atoms with Crippen LogP contribution < -0.4 is 10.1 Å². The van der Waals surface area contributed by atoms with E-state index in [1.165, 1.54) is 18.1 Å². The molecule has 5 aromatic rings. The van der Waals surface area contributed by atoms with Crippen molar-refractivity contribution in [1.82, 2.24) is 25.0 Å². The number of benzene rings is 3. The molecule has 3 aromatic carbocycles. The number of thioether (sulfide) groups is 1. The van der Waals surface area contributed by atoms with Crippen LogP contribution in [0.5, 0.6) is 5.75 Å². The van der Waals surface area contributed by atoms with Crippen LogP contribution in [0, 0.1) is 0 Å². The second-order valence-corrected chi connectivity index (χ2v) is 7.88. The SMILES string of the molecule is COc1cccc(-n2nnc3c(SCC(=O)Nc4cccc5ccccc45)ncnc32)c1. The molecule has 9 heteroatoms. The Morgan fingerprint density at radius 2 is 1.91 bits per heavy atom. The minimum atomic E-state index is -0.127. The molecule has 0 radical (unpaired) electrons. The lowest BCUT2D eigenvalue weighted by Crippen LogP contribution is -2.14. The Kier molecular flexibility index (Phi) is 5.39. The average Bonchev–Trinajstić information content (AvgIpc) is 3.28. The number of carbonyl (C=O) groups excluding carboxylic acids is 1. The second kappa shape index (κ2) is 8.64. The van der Waals surface area contributed by atoms with Crippen molar-refractivity contribution in [2.75, 3.05) is 18.2 Å². The largest absolute Gasteiger partial charge is 0.497 e. The van der Waals surface area contributed by atoms with Crippen LogP contribution in [-0.4, -0.2) is 43.7 Å². The second-order valence-electron chi connectivity index (χ2n) is 6.92. The van der Waals surface area contributed by atoms with Crippen LogP contribution in [0.3, 0.4) is 0 Å². The number of fused-ring (bicyclic) bond motifs is 2. The van der Waals surface area contributed by atoms with Gasteiger partial charge in [0.2, 0.25) is 5.91 Å². The Balaban J connectivity index is 1.35. The highest BCUT2D eigenvalue weighted by Gasteiger charge is 2.15. The zero-order valence-corrected chi connectivity index (χ0v) is 17.9. The topological polar surface area (TPSA) is 94.8 Å². The minimum absolute atomic E-state index is 0.127. The van der Waals surface area contributed by atoms with Gasteiger partial charge in [-0.15, -0.1) is 5.10 Å². The van der Waals surface area contributed by atoms with Crippen LogP contribution in [-0.2, 0) is 4.79 Å². The van der Waals surface area contributed by atoms with Gasteiger partial charge >= 0.3 is 0 Å². The molecular formula is C23H18N6O2S. The zero-order valence-electron chi connectivity index (χ0n) is 17.1. The van der Waals surface area contributed by atoms with E-state index >= 15 is 0 Å². The van der Waals surface area contributed by atoms with Crippen molar-refractivity contribution < 1.29 is 9.53 Å². The first kappa shape index (κ1) is 20.0.